The van der Waals surface area contributed by atoms with Crippen molar-refractivity contribution in [3.63, 3.8) is 0 Å². The number of phenols is 1. The van der Waals surface area contributed by atoms with E-state index in [1.807, 2.05) is 18.2 Å². The summed E-state index contributed by atoms with van der Waals surface area (Å²) in [5.41, 5.74) is 3.14. The summed E-state index contributed by atoms with van der Waals surface area (Å²) in [6, 6.07) is 8.64. The lowest BCUT2D eigenvalue weighted by Gasteiger charge is -2.20. The number of amides is 3. The van der Waals surface area contributed by atoms with Gasteiger partial charge in [-0.2, -0.15) is 0 Å². The number of anilines is 2. The van der Waals surface area contributed by atoms with Crippen LogP contribution < -0.4 is 10.2 Å². The molecule has 0 radical (unpaired) electrons. The van der Waals surface area contributed by atoms with Crippen LogP contribution in [0, 0.1) is 0 Å². The van der Waals surface area contributed by atoms with Gasteiger partial charge in [0.25, 0.3) is 5.91 Å². The Morgan fingerprint density at radius 2 is 2.00 bits per heavy atom. The van der Waals surface area contributed by atoms with Crippen molar-refractivity contribution in [2.75, 3.05) is 17.3 Å². The van der Waals surface area contributed by atoms with Crippen molar-refractivity contribution in [1.82, 2.24) is 4.90 Å². The van der Waals surface area contributed by atoms with Crippen molar-refractivity contribution in [3.8, 4) is 5.75 Å². The molecule has 0 atom stereocenters. The summed E-state index contributed by atoms with van der Waals surface area (Å²) in [6.07, 6.45) is 1.25. The third-order valence-electron chi connectivity index (χ3n) is 5.97. The van der Waals surface area contributed by atoms with E-state index in [0.717, 1.165) is 16.8 Å². The molecule has 0 aliphatic carbocycles. The smallest absolute Gasteiger partial charge is 0.258 e. The monoisotopic (exact) mass is 405 g/mol. The van der Waals surface area contributed by atoms with Crippen LogP contribution in [0.15, 0.2) is 43.0 Å². The Morgan fingerprint density at radius 1 is 1.27 bits per heavy atom. The molecule has 2 N–H and O–H groups in total. The van der Waals surface area contributed by atoms with Crippen LogP contribution in [0.1, 0.15) is 40.9 Å². The Morgan fingerprint density at radius 3 is 2.70 bits per heavy atom. The molecule has 7 nitrogen and oxygen atoms in total. The molecular weight excluding hydrogens is 382 g/mol. The van der Waals surface area contributed by atoms with E-state index in [4.69, 9.17) is 0 Å². The van der Waals surface area contributed by atoms with E-state index in [2.05, 4.69) is 11.9 Å². The average Bonchev–Trinajstić information content (AvgIpc) is 3.24. The number of carbonyl (C=O) groups excluding carboxylic acids is 3. The number of aromatic hydroxyl groups is 1. The van der Waals surface area contributed by atoms with Crippen molar-refractivity contribution < 1.29 is 19.5 Å². The molecule has 0 unspecified atom stereocenters. The summed E-state index contributed by atoms with van der Waals surface area (Å²) < 4.78 is 0. The molecule has 0 bridgehead atoms. The van der Waals surface area contributed by atoms with E-state index in [-0.39, 0.29) is 29.0 Å². The maximum Gasteiger partial charge on any atom is 0.258 e. The second-order valence-corrected chi connectivity index (χ2v) is 8.17. The molecule has 2 heterocycles. The quantitative estimate of drug-likeness (QED) is 0.769. The second-order valence-electron chi connectivity index (χ2n) is 8.17. The van der Waals surface area contributed by atoms with Crippen LogP contribution in [0.2, 0.25) is 0 Å². The number of benzene rings is 2. The van der Waals surface area contributed by atoms with Gasteiger partial charge < -0.3 is 20.2 Å². The molecule has 154 valence electrons. The largest absolute Gasteiger partial charge is 0.507 e. The van der Waals surface area contributed by atoms with Gasteiger partial charge in [-0.05, 0) is 43.2 Å². The van der Waals surface area contributed by atoms with Gasteiger partial charge in [0.05, 0.1) is 11.0 Å². The molecule has 0 fully saturated rings. The number of fused-ring (bicyclic) bond motifs is 2. The number of phenolic OH excluding ortho intramolecular Hbond substituents is 1. The molecule has 4 rings (SSSR count). The van der Waals surface area contributed by atoms with Crippen LogP contribution >= 0.6 is 0 Å². The van der Waals surface area contributed by atoms with Crippen LogP contribution in [0.3, 0.4) is 0 Å². The molecule has 2 aliphatic heterocycles. The van der Waals surface area contributed by atoms with E-state index in [1.165, 1.54) is 17.0 Å². The summed E-state index contributed by atoms with van der Waals surface area (Å²) >= 11 is 0. The number of nitrogens with zero attached hydrogens (tertiary/aromatic N) is 2. The summed E-state index contributed by atoms with van der Waals surface area (Å²) in [4.78, 5) is 40.6. The molecule has 0 saturated carbocycles. The van der Waals surface area contributed by atoms with Gasteiger partial charge in [-0.1, -0.05) is 18.7 Å². The summed E-state index contributed by atoms with van der Waals surface area (Å²) in [7, 11) is 1.67. The van der Waals surface area contributed by atoms with Crippen molar-refractivity contribution in [3.05, 3.63) is 65.2 Å². The van der Waals surface area contributed by atoms with Crippen LogP contribution in [-0.2, 0) is 28.1 Å². The zero-order valence-electron chi connectivity index (χ0n) is 17.2. The highest BCUT2D eigenvalue weighted by molar-refractivity contribution is 6.08. The minimum absolute atomic E-state index is 0.156. The molecule has 2 aromatic rings. The van der Waals surface area contributed by atoms with Gasteiger partial charge in [-0.15, -0.1) is 0 Å². The van der Waals surface area contributed by atoms with E-state index in [0.29, 0.717) is 24.3 Å². The molecule has 7 heteroatoms. The zero-order valence-corrected chi connectivity index (χ0v) is 17.2. The molecule has 0 aromatic heterocycles. The number of rotatable bonds is 3. The number of nitrogens with one attached hydrogen (secondary N) is 1. The maximum absolute atomic E-state index is 13.3. The van der Waals surface area contributed by atoms with Crippen LogP contribution in [-0.4, -0.2) is 34.8 Å². The van der Waals surface area contributed by atoms with Gasteiger partial charge in [-0.25, -0.2) is 0 Å². The van der Waals surface area contributed by atoms with Crippen molar-refractivity contribution in [2.24, 2.45) is 0 Å². The summed E-state index contributed by atoms with van der Waals surface area (Å²) in [5.74, 6) is -0.907. The first-order valence-electron chi connectivity index (χ1n) is 9.64. The molecule has 0 saturated heterocycles. The molecule has 0 spiro atoms. The number of carbonyl (C=O) groups is 3. The average molecular weight is 405 g/mol. The lowest BCUT2D eigenvalue weighted by atomic mass is 9.85. The fourth-order valence-corrected chi connectivity index (χ4v) is 4.07. The zero-order chi connectivity index (χ0) is 21.8. The van der Waals surface area contributed by atoms with E-state index < -0.39 is 5.41 Å². The van der Waals surface area contributed by atoms with Crippen molar-refractivity contribution in [1.29, 1.82) is 0 Å². The van der Waals surface area contributed by atoms with Gasteiger partial charge in [0.15, 0.2) is 0 Å². The first-order chi connectivity index (χ1) is 14.1. The number of likely N-dealkylation sites (N-methyl/N-ethyl adjacent to an activating group) is 1. The fourth-order valence-electron chi connectivity index (χ4n) is 4.07. The SMILES string of the molecule is C=CC(=O)N(C)c1cccc2c1CN(C(=O)c1cc3c(cc1O)NC(=O)C3(C)C)C2. The predicted molar refractivity (Wildman–Crippen MR) is 113 cm³/mol. The third-order valence-corrected chi connectivity index (χ3v) is 5.97. The van der Waals surface area contributed by atoms with Gasteiger partial charge >= 0.3 is 0 Å². The van der Waals surface area contributed by atoms with Crippen LogP contribution in [0.5, 0.6) is 5.75 Å². The first kappa shape index (κ1) is 19.7. The highest BCUT2D eigenvalue weighted by Crippen LogP contribution is 2.41. The third kappa shape index (κ3) is 2.85. The second kappa shape index (κ2) is 6.73. The highest BCUT2D eigenvalue weighted by Gasteiger charge is 2.40. The van der Waals surface area contributed by atoms with Gasteiger partial charge in [0.2, 0.25) is 11.8 Å². The molecular formula is C23H23N3O4. The maximum atomic E-state index is 13.3. The Kier molecular flexibility index (Phi) is 4.42. The standard InChI is InChI=1S/C23H23N3O4/c1-5-20(28)25(4)18-8-6-7-13-11-26(12-15(13)18)21(29)14-9-16-17(10-19(14)27)24-22(30)23(16,2)3/h5-10,27H,1,11-12H2,2-4H3,(H,24,30). The Bertz CT molecular complexity index is 1120. The first-order valence-corrected chi connectivity index (χ1v) is 9.64. The number of hydrogen-bond donors (Lipinski definition) is 2. The van der Waals surface area contributed by atoms with E-state index in [1.54, 1.807) is 31.9 Å². The molecule has 30 heavy (non-hydrogen) atoms. The Labute approximate surface area is 174 Å². The van der Waals surface area contributed by atoms with E-state index >= 15 is 0 Å². The summed E-state index contributed by atoms with van der Waals surface area (Å²) in [5, 5.41) is 13.2. The fraction of sp³-hybridized carbons (Fsp3) is 0.261. The Hall–Kier alpha value is -3.61. The normalized spacial score (nSPS) is 16.0. The van der Waals surface area contributed by atoms with Crippen molar-refractivity contribution >= 4 is 29.1 Å². The minimum atomic E-state index is -0.785. The molecule has 2 aromatic carbocycles. The summed E-state index contributed by atoms with van der Waals surface area (Å²) in [6.45, 7) is 7.78. The topological polar surface area (TPSA) is 90.0 Å². The van der Waals surface area contributed by atoms with Crippen LogP contribution in [0.25, 0.3) is 0 Å². The van der Waals surface area contributed by atoms with Gasteiger partial charge in [-0.3, -0.25) is 14.4 Å². The van der Waals surface area contributed by atoms with Crippen molar-refractivity contribution in [2.45, 2.75) is 32.4 Å². The predicted octanol–water partition coefficient (Wildman–Crippen LogP) is 2.93. The lowest BCUT2D eigenvalue weighted by molar-refractivity contribution is -0.119. The van der Waals surface area contributed by atoms with Gasteiger partial charge in [0, 0.05) is 43.1 Å². The highest BCUT2D eigenvalue weighted by atomic mass is 16.3. The van der Waals surface area contributed by atoms with Crippen LogP contribution in [0.4, 0.5) is 11.4 Å². The molecule has 3 amide bonds. The van der Waals surface area contributed by atoms with E-state index in [9.17, 15) is 19.5 Å². The minimum Gasteiger partial charge on any atom is -0.507 e. The molecule has 2 aliphatic rings. The lowest BCUT2D eigenvalue weighted by Crippen LogP contribution is -2.28. The number of hydrogen-bond acceptors (Lipinski definition) is 4. The van der Waals surface area contributed by atoms with Gasteiger partial charge in [0.1, 0.15) is 5.75 Å². The Balaban J connectivity index is 1.67.